The fraction of sp³-hybridized carbons (Fsp3) is 0.786. The second kappa shape index (κ2) is 8.93. The topological polar surface area (TPSA) is 42.3 Å². The summed E-state index contributed by atoms with van der Waals surface area (Å²) in [7, 11) is 4.19. The summed E-state index contributed by atoms with van der Waals surface area (Å²) >= 11 is 0. The number of rotatable bonds is 10. The van der Waals surface area contributed by atoms with Crippen LogP contribution in [-0.2, 0) is 11.3 Å². The quantitative estimate of drug-likeness (QED) is 0.659. The molecular formula is C14H28N4O. The maximum absolute atomic E-state index is 5.37. The predicted molar refractivity (Wildman–Crippen MR) is 79.7 cm³/mol. The van der Waals surface area contributed by atoms with Crippen molar-refractivity contribution in [2.75, 3.05) is 45.7 Å². The first-order valence-electron chi connectivity index (χ1n) is 7.13. The van der Waals surface area contributed by atoms with Crippen LogP contribution >= 0.6 is 0 Å². The average Bonchev–Trinajstić information content (AvgIpc) is 2.71. The lowest BCUT2D eigenvalue weighted by Gasteiger charge is -2.12. The van der Waals surface area contributed by atoms with Gasteiger partial charge in [0.25, 0.3) is 0 Å². The van der Waals surface area contributed by atoms with Gasteiger partial charge in [0.2, 0.25) is 5.95 Å². The molecule has 0 atom stereocenters. The van der Waals surface area contributed by atoms with Crippen LogP contribution in [0.3, 0.4) is 0 Å². The molecule has 0 bridgehead atoms. The van der Waals surface area contributed by atoms with Crippen molar-refractivity contribution in [3.05, 3.63) is 11.9 Å². The third-order valence-electron chi connectivity index (χ3n) is 2.85. The monoisotopic (exact) mass is 268 g/mol. The highest BCUT2D eigenvalue weighted by Crippen LogP contribution is 2.09. The lowest BCUT2D eigenvalue weighted by molar-refractivity contribution is 0.142. The van der Waals surface area contributed by atoms with Crippen LogP contribution in [0.4, 0.5) is 5.95 Å². The first-order chi connectivity index (χ1) is 9.13. The van der Waals surface area contributed by atoms with E-state index in [0.717, 1.165) is 57.3 Å². The van der Waals surface area contributed by atoms with Gasteiger partial charge < -0.3 is 19.5 Å². The molecule has 19 heavy (non-hydrogen) atoms. The second-order valence-corrected chi connectivity index (χ2v) is 5.03. The summed E-state index contributed by atoms with van der Waals surface area (Å²) in [4.78, 5) is 6.72. The Hall–Kier alpha value is -1.07. The zero-order chi connectivity index (χ0) is 14.1. The van der Waals surface area contributed by atoms with Crippen LogP contribution in [0.2, 0.25) is 0 Å². The summed E-state index contributed by atoms with van der Waals surface area (Å²) in [5.41, 5.74) is 1.06. The van der Waals surface area contributed by atoms with E-state index in [2.05, 4.69) is 40.1 Å². The zero-order valence-electron chi connectivity index (χ0n) is 12.8. The number of hydrogen-bond acceptors (Lipinski definition) is 4. The van der Waals surface area contributed by atoms with Crippen molar-refractivity contribution in [2.45, 2.75) is 33.2 Å². The molecule has 0 saturated heterocycles. The van der Waals surface area contributed by atoms with Crippen molar-refractivity contribution < 1.29 is 4.74 Å². The molecule has 0 amide bonds. The summed E-state index contributed by atoms with van der Waals surface area (Å²) in [6.45, 7) is 8.67. The summed E-state index contributed by atoms with van der Waals surface area (Å²) in [5, 5.41) is 3.41. The Morgan fingerprint density at radius 3 is 2.84 bits per heavy atom. The molecule has 0 unspecified atom stereocenters. The van der Waals surface area contributed by atoms with Gasteiger partial charge in [0.1, 0.15) is 0 Å². The molecular weight excluding hydrogens is 240 g/mol. The Morgan fingerprint density at radius 1 is 1.37 bits per heavy atom. The van der Waals surface area contributed by atoms with Gasteiger partial charge >= 0.3 is 0 Å². The van der Waals surface area contributed by atoms with E-state index in [4.69, 9.17) is 4.74 Å². The van der Waals surface area contributed by atoms with Crippen LogP contribution in [-0.4, -0.2) is 54.8 Å². The number of nitrogens with one attached hydrogen (secondary N) is 1. The Balaban J connectivity index is 2.35. The van der Waals surface area contributed by atoms with Gasteiger partial charge in [-0.3, -0.25) is 0 Å². The fourth-order valence-corrected chi connectivity index (χ4v) is 1.94. The van der Waals surface area contributed by atoms with Gasteiger partial charge in [0.15, 0.2) is 0 Å². The van der Waals surface area contributed by atoms with Crippen molar-refractivity contribution >= 4 is 5.95 Å². The first-order valence-corrected chi connectivity index (χ1v) is 7.13. The normalized spacial score (nSPS) is 11.2. The number of hydrogen-bond donors (Lipinski definition) is 1. The fourth-order valence-electron chi connectivity index (χ4n) is 1.94. The molecule has 5 nitrogen and oxygen atoms in total. The zero-order valence-corrected chi connectivity index (χ0v) is 12.8. The molecule has 5 heteroatoms. The Labute approximate surface area is 117 Å². The smallest absolute Gasteiger partial charge is 0.203 e. The molecule has 1 rings (SSSR count). The lowest BCUT2D eigenvalue weighted by Crippen LogP contribution is -2.17. The Morgan fingerprint density at radius 2 is 2.16 bits per heavy atom. The Kier molecular flexibility index (Phi) is 7.52. The van der Waals surface area contributed by atoms with Gasteiger partial charge in [-0.15, -0.1) is 0 Å². The number of ether oxygens (including phenoxy) is 1. The molecule has 0 aromatic carbocycles. The number of nitrogens with zero attached hydrogens (tertiary/aromatic N) is 3. The van der Waals surface area contributed by atoms with Crippen LogP contribution in [0.5, 0.6) is 0 Å². The van der Waals surface area contributed by atoms with Crippen molar-refractivity contribution in [1.82, 2.24) is 14.5 Å². The molecule has 110 valence electrons. The number of aromatic nitrogens is 2. The summed E-state index contributed by atoms with van der Waals surface area (Å²) in [5.74, 6) is 0.979. The molecule has 1 N–H and O–H groups in total. The van der Waals surface area contributed by atoms with Gasteiger partial charge in [-0.2, -0.15) is 0 Å². The minimum atomic E-state index is 0.790. The summed E-state index contributed by atoms with van der Waals surface area (Å²) in [6.07, 6.45) is 4.24. The molecule has 1 aromatic heterocycles. The highest BCUT2D eigenvalue weighted by Gasteiger charge is 2.04. The van der Waals surface area contributed by atoms with Crippen molar-refractivity contribution in [3.8, 4) is 0 Å². The average molecular weight is 268 g/mol. The van der Waals surface area contributed by atoms with Gasteiger partial charge in [-0.1, -0.05) is 0 Å². The van der Waals surface area contributed by atoms with E-state index in [1.54, 1.807) is 0 Å². The maximum atomic E-state index is 5.37. The number of imidazole rings is 1. The van der Waals surface area contributed by atoms with Gasteiger partial charge in [-0.05, 0) is 47.3 Å². The van der Waals surface area contributed by atoms with Crippen LogP contribution in [0.25, 0.3) is 0 Å². The van der Waals surface area contributed by atoms with E-state index < -0.39 is 0 Å². The molecule has 0 aliphatic rings. The predicted octanol–water partition coefficient (Wildman–Crippen LogP) is 1.98. The highest BCUT2D eigenvalue weighted by atomic mass is 16.5. The maximum Gasteiger partial charge on any atom is 0.203 e. The minimum absolute atomic E-state index is 0.790. The molecule has 0 radical (unpaired) electrons. The van der Waals surface area contributed by atoms with E-state index >= 15 is 0 Å². The molecule has 0 aliphatic heterocycles. The van der Waals surface area contributed by atoms with Crippen LogP contribution < -0.4 is 5.32 Å². The van der Waals surface area contributed by atoms with E-state index in [-0.39, 0.29) is 0 Å². The minimum Gasteiger partial charge on any atom is -0.382 e. The van der Waals surface area contributed by atoms with Crippen molar-refractivity contribution in [2.24, 2.45) is 0 Å². The van der Waals surface area contributed by atoms with Crippen molar-refractivity contribution in [3.63, 3.8) is 0 Å². The third-order valence-corrected chi connectivity index (χ3v) is 2.85. The largest absolute Gasteiger partial charge is 0.382 e. The highest BCUT2D eigenvalue weighted by molar-refractivity contribution is 5.28. The Bertz CT molecular complexity index is 349. The number of anilines is 1. The lowest BCUT2D eigenvalue weighted by atomic mass is 10.4. The number of aryl methyl sites for hydroxylation is 2. The standard InChI is InChI=1S/C14H28N4O/c1-5-19-11-7-10-18-12-13(2)16-14(18)15-8-6-9-17(3)4/h12H,5-11H2,1-4H3,(H,15,16). The van der Waals surface area contributed by atoms with Gasteiger partial charge in [0, 0.05) is 32.5 Å². The van der Waals surface area contributed by atoms with E-state index in [1.165, 1.54) is 0 Å². The van der Waals surface area contributed by atoms with Crippen LogP contribution in [0, 0.1) is 6.92 Å². The summed E-state index contributed by atoms with van der Waals surface area (Å²) in [6, 6.07) is 0. The van der Waals surface area contributed by atoms with E-state index in [0.29, 0.717) is 0 Å². The van der Waals surface area contributed by atoms with Crippen molar-refractivity contribution in [1.29, 1.82) is 0 Å². The van der Waals surface area contributed by atoms with E-state index in [9.17, 15) is 0 Å². The molecule has 1 heterocycles. The summed E-state index contributed by atoms with van der Waals surface area (Å²) < 4.78 is 7.55. The third kappa shape index (κ3) is 6.59. The van der Waals surface area contributed by atoms with Gasteiger partial charge in [0.05, 0.1) is 5.69 Å². The van der Waals surface area contributed by atoms with Crippen LogP contribution in [0.15, 0.2) is 6.20 Å². The van der Waals surface area contributed by atoms with Crippen LogP contribution in [0.1, 0.15) is 25.5 Å². The molecule has 0 fully saturated rings. The molecule has 0 saturated carbocycles. The second-order valence-electron chi connectivity index (χ2n) is 5.03. The van der Waals surface area contributed by atoms with Gasteiger partial charge in [-0.25, -0.2) is 4.98 Å². The van der Waals surface area contributed by atoms with E-state index in [1.807, 2.05) is 13.8 Å². The first kappa shape index (κ1) is 16.0. The molecule has 1 aromatic rings. The molecule has 0 aliphatic carbocycles. The molecule has 0 spiro atoms. The SMILES string of the molecule is CCOCCCn1cc(C)nc1NCCCN(C)C.